The molecule has 2 aromatic rings. The smallest absolute Gasteiger partial charge is 0.124 e. The van der Waals surface area contributed by atoms with Crippen LogP contribution in [0.4, 0.5) is 0 Å². The van der Waals surface area contributed by atoms with E-state index in [1.54, 1.807) is 0 Å². The first-order valence-electron chi connectivity index (χ1n) is 6.05. The van der Waals surface area contributed by atoms with Crippen LogP contribution in [0.3, 0.4) is 0 Å². The molecule has 0 amide bonds. The van der Waals surface area contributed by atoms with E-state index in [-0.39, 0.29) is 6.04 Å². The monoisotopic (exact) mass is 339 g/mol. The molecule has 1 unspecified atom stereocenters. The van der Waals surface area contributed by atoms with Crippen LogP contribution >= 0.6 is 27.5 Å². The third kappa shape index (κ3) is 3.30. The highest BCUT2D eigenvalue weighted by Gasteiger charge is 2.16. The summed E-state index contributed by atoms with van der Waals surface area (Å²) in [7, 11) is 0. The van der Waals surface area contributed by atoms with Gasteiger partial charge in [0.2, 0.25) is 0 Å². The molecule has 1 atom stereocenters. The minimum absolute atomic E-state index is 0.312. The van der Waals surface area contributed by atoms with Gasteiger partial charge in [0.05, 0.1) is 12.6 Å². The van der Waals surface area contributed by atoms with Crippen LogP contribution in [0.15, 0.2) is 46.9 Å². The Labute approximate surface area is 126 Å². The fourth-order valence-electron chi connectivity index (χ4n) is 1.94. The summed E-state index contributed by atoms with van der Waals surface area (Å²) in [6.07, 6.45) is 0. The molecule has 0 bridgehead atoms. The molecule has 0 aliphatic heterocycles. The predicted molar refractivity (Wildman–Crippen MR) is 82.8 cm³/mol. The third-order valence-electron chi connectivity index (χ3n) is 2.85. The van der Waals surface area contributed by atoms with Crippen LogP contribution < -0.4 is 10.5 Å². The van der Waals surface area contributed by atoms with E-state index in [2.05, 4.69) is 15.9 Å². The van der Waals surface area contributed by atoms with E-state index in [1.807, 2.05) is 49.4 Å². The number of ether oxygens (including phenoxy) is 1. The summed E-state index contributed by atoms with van der Waals surface area (Å²) in [4.78, 5) is 0. The highest BCUT2D eigenvalue weighted by atomic mass is 79.9. The number of hydrogen-bond acceptors (Lipinski definition) is 2. The van der Waals surface area contributed by atoms with Crippen LogP contribution in [0.1, 0.15) is 24.1 Å². The van der Waals surface area contributed by atoms with Crippen LogP contribution in [0, 0.1) is 0 Å². The largest absolute Gasteiger partial charge is 0.494 e. The summed E-state index contributed by atoms with van der Waals surface area (Å²) in [6.45, 7) is 2.56. The molecule has 2 N–H and O–H groups in total. The molecule has 2 aromatic carbocycles. The van der Waals surface area contributed by atoms with Crippen molar-refractivity contribution < 1.29 is 4.74 Å². The third-order valence-corrected chi connectivity index (χ3v) is 3.68. The molecule has 0 spiro atoms. The van der Waals surface area contributed by atoms with Gasteiger partial charge in [-0.2, -0.15) is 0 Å². The first kappa shape index (κ1) is 14.4. The SMILES string of the molecule is CCOc1ccccc1C(N)c1cc(Br)ccc1Cl. The molecule has 19 heavy (non-hydrogen) atoms. The molecule has 0 fully saturated rings. The lowest BCUT2D eigenvalue weighted by atomic mass is 9.99. The summed E-state index contributed by atoms with van der Waals surface area (Å²) in [6, 6.07) is 13.1. The first-order chi connectivity index (χ1) is 9.13. The zero-order chi connectivity index (χ0) is 13.8. The van der Waals surface area contributed by atoms with Crippen molar-refractivity contribution in [1.82, 2.24) is 0 Å². The summed E-state index contributed by atoms with van der Waals surface area (Å²) >= 11 is 9.67. The van der Waals surface area contributed by atoms with E-state index in [9.17, 15) is 0 Å². The average Bonchev–Trinajstić information content (AvgIpc) is 2.42. The zero-order valence-corrected chi connectivity index (χ0v) is 12.9. The van der Waals surface area contributed by atoms with Gasteiger partial charge in [-0.15, -0.1) is 0 Å². The molecular weight excluding hydrogens is 326 g/mol. The van der Waals surface area contributed by atoms with Crippen molar-refractivity contribution in [3.8, 4) is 5.75 Å². The van der Waals surface area contributed by atoms with Gasteiger partial charge < -0.3 is 10.5 Å². The van der Waals surface area contributed by atoms with Crippen LogP contribution in [-0.2, 0) is 0 Å². The van der Waals surface area contributed by atoms with Gasteiger partial charge in [0.15, 0.2) is 0 Å². The van der Waals surface area contributed by atoms with Crippen LogP contribution in [0.5, 0.6) is 5.75 Å². The summed E-state index contributed by atoms with van der Waals surface area (Å²) in [5.74, 6) is 0.800. The Bertz CT molecular complexity index is 574. The molecule has 0 radical (unpaired) electrons. The summed E-state index contributed by atoms with van der Waals surface area (Å²) in [5.41, 5.74) is 8.14. The van der Waals surface area contributed by atoms with Gasteiger partial charge in [-0.3, -0.25) is 0 Å². The van der Waals surface area contributed by atoms with E-state index >= 15 is 0 Å². The van der Waals surface area contributed by atoms with Crippen molar-refractivity contribution in [3.63, 3.8) is 0 Å². The zero-order valence-electron chi connectivity index (χ0n) is 10.6. The van der Waals surface area contributed by atoms with Gasteiger partial charge in [0.1, 0.15) is 5.75 Å². The number of hydrogen-bond donors (Lipinski definition) is 1. The van der Waals surface area contributed by atoms with Crippen LogP contribution in [0.25, 0.3) is 0 Å². The summed E-state index contributed by atoms with van der Waals surface area (Å²) in [5, 5.41) is 0.655. The number of para-hydroxylation sites is 1. The molecule has 0 saturated heterocycles. The Morgan fingerprint density at radius 3 is 2.68 bits per heavy atom. The highest BCUT2D eigenvalue weighted by molar-refractivity contribution is 9.10. The van der Waals surface area contributed by atoms with Gasteiger partial charge in [-0.1, -0.05) is 45.7 Å². The fourth-order valence-corrected chi connectivity index (χ4v) is 2.56. The van der Waals surface area contributed by atoms with E-state index in [0.717, 1.165) is 21.3 Å². The quantitative estimate of drug-likeness (QED) is 0.886. The first-order valence-corrected chi connectivity index (χ1v) is 7.22. The molecule has 4 heteroatoms. The molecule has 100 valence electrons. The lowest BCUT2D eigenvalue weighted by Gasteiger charge is -2.18. The highest BCUT2D eigenvalue weighted by Crippen LogP contribution is 2.33. The molecule has 0 aromatic heterocycles. The maximum atomic E-state index is 6.33. The summed E-state index contributed by atoms with van der Waals surface area (Å²) < 4.78 is 6.57. The molecule has 2 rings (SSSR count). The van der Waals surface area contributed by atoms with Crippen LogP contribution in [-0.4, -0.2) is 6.61 Å². The van der Waals surface area contributed by atoms with E-state index in [1.165, 1.54) is 0 Å². The Kier molecular flexibility index (Phi) is 4.86. The fraction of sp³-hybridized carbons (Fsp3) is 0.200. The molecule has 0 heterocycles. The lowest BCUT2D eigenvalue weighted by molar-refractivity contribution is 0.335. The number of halogens is 2. The minimum Gasteiger partial charge on any atom is -0.494 e. The Morgan fingerprint density at radius 2 is 1.95 bits per heavy atom. The molecule has 0 aliphatic rings. The van der Waals surface area contributed by atoms with E-state index in [0.29, 0.717) is 11.6 Å². The Morgan fingerprint density at radius 1 is 1.21 bits per heavy atom. The lowest BCUT2D eigenvalue weighted by Crippen LogP contribution is -2.14. The van der Waals surface area contributed by atoms with Crippen molar-refractivity contribution in [2.45, 2.75) is 13.0 Å². The van der Waals surface area contributed by atoms with Crippen molar-refractivity contribution in [1.29, 1.82) is 0 Å². The van der Waals surface area contributed by atoms with Gasteiger partial charge in [-0.05, 0) is 36.8 Å². The Hall–Kier alpha value is -1.03. The normalized spacial score (nSPS) is 12.2. The van der Waals surface area contributed by atoms with Crippen molar-refractivity contribution in [2.75, 3.05) is 6.61 Å². The molecular formula is C15H15BrClNO. The standard InChI is InChI=1S/C15H15BrClNO/c1-2-19-14-6-4-3-5-11(14)15(18)12-9-10(16)7-8-13(12)17/h3-9,15H,2,18H2,1H3. The molecule has 2 nitrogen and oxygen atoms in total. The van der Waals surface area contributed by atoms with E-state index < -0.39 is 0 Å². The average molecular weight is 341 g/mol. The maximum Gasteiger partial charge on any atom is 0.124 e. The maximum absolute atomic E-state index is 6.33. The van der Waals surface area contributed by atoms with Crippen molar-refractivity contribution in [3.05, 3.63) is 63.1 Å². The van der Waals surface area contributed by atoms with Gasteiger partial charge in [0, 0.05) is 15.1 Å². The topological polar surface area (TPSA) is 35.2 Å². The second-order valence-corrected chi connectivity index (χ2v) is 5.44. The van der Waals surface area contributed by atoms with Gasteiger partial charge in [-0.25, -0.2) is 0 Å². The van der Waals surface area contributed by atoms with Gasteiger partial charge >= 0.3 is 0 Å². The minimum atomic E-state index is -0.312. The van der Waals surface area contributed by atoms with Crippen LogP contribution in [0.2, 0.25) is 5.02 Å². The van der Waals surface area contributed by atoms with E-state index in [4.69, 9.17) is 22.1 Å². The van der Waals surface area contributed by atoms with Crippen molar-refractivity contribution in [2.24, 2.45) is 5.73 Å². The molecule has 0 aliphatic carbocycles. The second-order valence-electron chi connectivity index (χ2n) is 4.11. The molecule has 0 saturated carbocycles. The van der Waals surface area contributed by atoms with Crippen molar-refractivity contribution >= 4 is 27.5 Å². The number of benzene rings is 2. The predicted octanol–water partition coefficient (Wildman–Crippen LogP) is 4.55. The second kappa shape index (κ2) is 6.42. The number of nitrogens with two attached hydrogens (primary N) is 1. The Balaban J connectivity index is 2.43. The van der Waals surface area contributed by atoms with Gasteiger partial charge in [0.25, 0.3) is 0 Å². The number of rotatable bonds is 4.